The fraction of sp³-hybridized carbons (Fsp3) is 0.125. The van der Waals surface area contributed by atoms with Crippen LogP contribution in [0.3, 0.4) is 0 Å². The van der Waals surface area contributed by atoms with E-state index in [1.54, 1.807) is 12.2 Å². The van der Waals surface area contributed by atoms with E-state index in [4.69, 9.17) is 17.0 Å². The quantitative estimate of drug-likeness (QED) is 0.887. The number of allylic oxidation sites excluding steroid dienone is 5. The molecule has 0 amide bonds. The topological polar surface area (TPSA) is 40.9 Å². The summed E-state index contributed by atoms with van der Waals surface area (Å²) in [5.41, 5.74) is 1.93. The normalized spacial score (nSPS) is 19.3. The van der Waals surface area contributed by atoms with Gasteiger partial charge in [-0.05, 0) is 18.6 Å². The first-order valence-corrected chi connectivity index (χ1v) is 6.38. The SMILES string of the molecule is CC(=O)C1=CC(C=Cc2ccccc2)C(=N)C(Cl)=C1. The maximum atomic E-state index is 11.4. The monoisotopic (exact) mass is 271 g/mol. The van der Waals surface area contributed by atoms with Crippen LogP contribution in [0.25, 0.3) is 6.08 Å². The first kappa shape index (κ1) is 13.5. The molecule has 0 bridgehead atoms. The molecule has 0 aliphatic heterocycles. The fourth-order valence-corrected chi connectivity index (χ4v) is 2.09. The molecule has 2 nitrogen and oxygen atoms in total. The number of carbonyl (C=O) groups excluding carboxylic acids is 1. The van der Waals surface area contributed by atoms with Gasteiger partial charge in [0.1, 0.15) is 0 Å². The van der Waals surface area contributed by atoms with Gasteiger partial charge in [0.15, 0.2) is 5.78 Å². The lowest BCUT2D eigenvalue weighted by Gasteiger charge is -2.16. The third-order valence-electron chi connectivity index (χ3n) is 2.93. The molecule has 2 rings (SSSR count). The Morgan fingerprint density at radius 1 is 1.32 bits per heavy atom. The summed E-state index contributed by atoms with van der Waals surface area (Å²) in [6.45, 7) is 1.50. The molecule has 1 atom stereocenters. The largest absolute Gasteiger partial charge is 0.303 e. The van der Waals surface area contributed by atoms with Crippen molar-refractivity contribution in [1.82, 2.24) is 0 Å². The molecule has 1 aromatic carbocycles. The highest BCUT2D eigenvalue weighted by molar-refractivity contribution is 6.44. The van der Waals surface area contributed by atoms with Crippen molar-refractivity contribution >= 4 is 29.2 Å². The van der Waals surface area contributed by atoms with E-state index in [1.807, 2.05) is 42.5 Å². The number of Topliss-reactive ketones (excluding diaryl/α,β-unsaturated/α-hetero) is 1. The molecule has 1 unspecified atom stereocenters. The molecule has 0 heterocycles. The Morgan fingerprint density at radius 2 is 2.00 bits per heavy atom. The molecular formula is C16H14ClNO. The van der Waals surface area contributed by atoms with Gasteiger partial charge in [-0.3, -0.25) is 4.79 Å². The van der Waals surface area contributed by atoms with Gasteiger partial charge in [0.25, 0.3) is 0 Å². The Morgan fingerprint density at radius 3 is 2.63 bits per heavy atom. The van der Waals surface area contributed by atoms with Crippen LogP contribution >= 0.6 is 11.6 Å². The van der Waals surface area contributed by atoms with E-state index in [0.29, 0.717) is 16.3 Å². The maximum Gasteiger partial charge on any atom is 0.159 e. The third kappa shape index (κ3) is 3.30. The second kappa shape index (κ2) is 5.81. The molecule has 3 heteroatoms. The van der Waals surface area contributed by atoms with Crippen LogP contribution in [0.5, 0.6) is 0 Å². The minimum absolute atomic E-state index is 0.0382. The molecule has 1 aromatic rings. The highest BCUT2D eigenvalue weighted by Crippen LogP contribution is 2.24. The Balaban J connectivity index is 2.25. The van der Waals surface area contributed by atoms with Crippen LogP contribution in [0.1, 0.15) is 12.5 Å². The Hall–Kier alpha value is -1.93. The fourth-order valence-electron chi connectivity index (χ4n) is 1.85. The van der Waals surface area contributed by atoms with Crippen molar-refractivity contribution in [3.8, 4) is 0 Å². The Kier molecular flexibility index (Phi) is 4.13. The number of halogens is 1. The molecule has 0 fully saturated rings. The lowest BCUT2D eigenvalue weighted by Crippen LogP contribution is -2.15. The van der Waals surface area contributed by atoms with Crippen LogP contribution in [0.2, 0.25) is 0 Å². The zero-order valence-electron chi connectivity index (χ0n) is 10.6. The van der Waals surface area contributed by atoms with Crippen LogP contribution < -0.4 is 0 Å². The van der Waals surface area contributed by atoms with Gasteiger partial charge in [0.2, 0.25) is 0 Å². The van der Waals surface area contributed by atoms with Crippen LogP contribution in [0.15, 0.2) is 59.2 Å². The average molecular weight is 272 g/mol. The van der Waals surface area contributed by atoms with Crippen molar-refractivity contribution in [3.63, 3.8) is 0 Å². The molecule has 19 heavy (non-hydrogen) atoms. The predicted molar refractivity (Wildman–Crippen MR) is 79.4 cm³/mol. The molecule has 1 aliphatic carbocycles. The highest BCUT2D eigenvalue weighted by atomic mass is 35.5. The molecule has 0 aromatic heterocycles. The van der Waals surface area contributed by atoms with Crippen LogP contribution in [0.4, 0.5) is 0 Å². The molecule has 0 spiro atoms. The maximum absolute atomic E-state index is 11.4. The lowest BCUT2D eigenvalue weighted by atomic mass is 9.91. The molecule has 1 aliphatic rings. The van der Waals surface area contributed by atoms with Gasteiger partial charge in [0, 0.05) is 11.5 Å². The lowest BCUT2D eigenvalue weighted by molar-refractivity contribution is -0.113. The molecule has 0 radical (unpaired) electrons. The van der Waals surface area contributed by atoms with Crippen LogP contribution in [-0.2, 0) is 4.79 Å². The van der Waals surface area contributed by atoms with Crippen LogP contribution in [-0.4, -0.2) is 11.5 Å². The number of hydrogen-bond acceptors (Lipinski definition) is 2. The summed E-state index contributed by atoms with van der Waals surface area (Å²) >= 11 is 5.99. The van der Waals surface area contributed by atoms with Crippen molar-refractivity contribution in [1.29, 1.82) is 5.41 Å². The molecular weight excluding hydrogens is 258 g/mol. The van der Waals surface area contributed by atoms with Gasteiger partial charge >= 0.3 is 0 Å². The summed E-state index contributed by atoms with van der Waals surface area (Å²) < 4.78 is 0. The average Bonchev–Trinajstić information content (AvgIpc) is 2.41. The smallest absolute Gasteiger partial charge is 0.159 e. The van der Waals surface area contributed by atoms with Crippen molar-refractivity contribution in [2.45, 2.75) is 6.92 Å². The van der Waals surface area contributed by atoms with Crippen molar-refractivity contribution in [2.75, 3.05) is 0 Å². The van der Waals surface area contributed by atoms with E-state index in [1.165, 1.54) is 6.92 Å². The first-order chi connectivity index (χ1) is 9.08. The standard InChI is InChI=1S/C16H14ClNO/c1-11(19)14-9-13(16(18)15(17)10-14)8-7-12-5-3-2-4-6-12/h2-10,13,18H,1H3. The molecule has 0 saturated carbocycles. The Labute approximate surface area is 117 Å². The zero-order valence-corrected chi connectivity index (χ0v) is 11.3. The van der Waals surface area contributed by atoms with E-state index in [0.717, 1.165) is 5.56 Å². The van der Waals surface area contributed by atoms with Crippen molar-refractivity contribution in [2.24, 2.45) is 5.92 Å². The van der Waals surface area contributed by atoms with Gasteiger partial charge < -0.3 is 5.41 Å². The minimum atomic E-state index is -0.253. The van der Waals surface area contributed by atoms with E-state index in [9.17, 15) is 4.79 Å². The summed E-state index contributed by atoms with van der Waals surface area (Å²) in [6.07, 6.45) is 7.15. The Bertz CT molecular complexity index is 596. The number of hydrogen-bond donors (Lipinski definition) is 1. The second-order valence-corrected chi connectivity index (χ2v) is 4.79. The van der Waals surface area contributed by atoms with Gasteiger partial charge in [-0.25, -0.2) is 0 Å². The number of ketones is 1. The number of rotatable bonds is 3. The molecule has 1 N–H and O–H groups in total. The molecule has 0 saturated heterocycles. The summed E-state index contributed by atoms with van der Waals surface area (Å²) in [4.78, 5) is 11.4. The number of carbonyl (C=O) groups is 1. The van der Waals surface area contributed by atoms with Gasteiger partial charge in [0.05, 0.1) is 10.7 Å². The van der Waals surface area contributed by atoms with E-state index >= 15 is 0 Å². The van der Waals surface area contributed by atoms with Crippen LogP contribution in [0, 0.1) is 11.3 Å². The first-order valence-electron chi connectivity index (χ1n) is 6.00. The second-order valence-electron chi connectivity index (χ2n) is 4.38. The zero-order chi connectivity index (χ0) is 13.8. The van der Waals surface area contributed by atoms with Gasteiger partial charge in [-0.15, -0.1) is 0 Å². The van der Waals surface area contributed by atoms with Crippen molar-refractivity contribution < 1.29 is 4.79 Å². The van der Waals surface area contributed by atoms with E-state index in [2.05, 4.69) is 0 Å². The highest BCUT2D eigenvalue weighted by Gasteiger charge is 2.19. The number of nitrogens with one attached hydrogen (secondary N) is 1. The minimum Gasteiger partial charge on any atom is -0.303 e. The van der Waals surface area contributed by atoms with Gasteiger partial charge in [-0.2, -0.15) is 0 Å². The number of benzene rings is 1. The summed E-state index contributed by atoms with van der Waals surface area (Å²) in [5, 5.41) is 8.27. The van der Waals surface area contributed by atoms with E-state index < -0.39 is 0 Å². The molecule has 96 valence electrons. The summed E-state index contributed by atoms with van der Waals surface area (Å²) in [7, 11) is 0. The van der Waals surface area contributed by atoms with Gasteiger partial charge in [-0.1, -0.05) is 60.2 Å². The van der Waals surface area contributed by atoms with Crippen molar-refractivity contribution in [3.05, 3.63) is 64.7 Å². The summed E-state index contributed by atoms with van der Waals surface area (Å²) in [6, 6.07) is 9.82. The van der Waals surface area contributed by atoms with E-state index in [-0.39, 0.29) is 11.7 Å². The summed E-state index contributed by atoms with van der Waals surface area (Å²) in [5.74, 6) is -0.291. The predicted octanol–water partition coefficient (Wildman–Crippen LogP) is 3.99. The third-order valence-corrected chi connectivity index (χ3v) is 3.25.